The predicted octanol–water partition coefficient (Wildman–Crippen LogP) is 3.70. The number of nitrogens with zero attached hydrogens (tertiary/aromatic N) is 3. The Morgan fingerprint density at radius 2 is 1.79 bits per heavy atom. The SMILES string of the molecule is Cc1nn([C@H]2CCS(=O)(=O)C2)c2nc(-c3ccccc3)cc(C(=O)NCc3ccccc3)c12. The molecule has 2 aromatic carbocycles. The average molecular weight is 461 g/mol. The second-order valence-corrected chi connectivity index (χ2v) is 10.6. The first kappa shape index (κ1) is 21.3. The molecule has 2 aromatic heterocycles. The summed E-state index contributed by atoms with van der Waals surface area (Å²) in [7, 11) is -3.10. The summed E-state index contributed by atoms with van der Waals surface area (Å²) in [5, 5.41) is 8.31. The lowest BCUT2D eigenvalue weighted by Crippen LogP contribution is -2.23. The molecule has 1 amide bonds. The maximum atomic E-state index is 13.3. The first-order valence-corrected chi connectivity index (χ1v) is 12.7. The molecule has 0 unspecified atom stereocenters. The van der Waals surface area contributed by atoms with Crippen LogP contribution in [-0.2, 0) is 16.4 Å². The van der Waals surface area contributed by atoms with Crippen molar-refractivity contribution in [3.8, 4) is 11.3 Å². The lowest BCUT2D eigenvalue weighted by molar-refractivity contribution is 0.0952. The molecule has 1 fully saturated rings. The normalized spacial score (nSPS) is 17.3. The van der Waals surface area contributed by atoms with E-state index < -0.39 is 9.84 Å². The Morgan fingerprint density at radius 1 is 1.09 bits per heavy atom. The summed E-state index contributed by atoms with van der Waals surface area (Å²) in [6.07, 6.45) is 0.491. The van der Waals surface area contributed by atoms with E-state index in [0.717, 1.165) is 11.1 Å². The van der Waals surface area contributed by atoms with Crippen LogP contribution in [0.3, 0.4) is 0 Å². The Labute approximate surface area is 192 Å². The molecule has 1 aliphatic heterocycles. The molecule has 168 valence electrons. The van der Waals surface area contributed by atoms with Crippen molar-refractivity contribution in [1.29, 1.82) is 0 Å². The minimum absolute atomic E-state index is 0.0377. The van der Waals surface area contributed by atoms with Crippen molar-refractivity contribution in [3.63, 3.8) is 0 Å². The van der Waals surface area contributed by atoms with E-state index in [1.165, 1.54) is 0 Å². The van der Waals surface area contributed by atoms with Gasteiger partial charge in [0.05, 0.1) is 39.9 Å². The third-order valence-corrected chi connectivity index (χ3v) is 7.75. The number of amides is 1. The van der Waals surface area contributed by atoms with Gasteiger partial charge in [-0.2, -0.15) is 5.10 Å². The van der Waals surface area contributed by atoms with Crippen LogP contribution in [0.15, 0.2) is 66.7 Å². The number of hydrogen-bond acceptors (Lipinski definition) is 5. The second-order valence-electron chi connectivity index (χ2n) is 8.37. The molecule has 8 heteroatoms. The molecular formula is C25H24N4O3S. The van der Waals surface area contributed by atoms with E-state index in [4.69, 9.17) is 4.98 Å². The zero-order valence-corrected chi connectivity index (χ0v) is 19.0. The van der Waals surface area contributed by atoms with E-state index in [2.05, 4.69) is 10.4 Å². The van der Waals surface area contributed by atoms with Gasteiger partial charge in [0.1, 0.15) is 0 Å². The first-order chi connectivity index (χ1) is 15.9. The number of rotatable bonds is 5. The number of hydrogen-bond donors (Lipinski definition) is 1. The van der Waals surface area contributed by atoms with E-state index in [1.807, 2.05) is 67.6 Å². The van der Waals surface area contributed by atoms with Crippen LogP contribution in [0.1, 0.15) is 34.1 Å². The van der Waals surface area contributed by atoms with Crippen molar-refractivity contribution >= 4 is 26.8 Å². The number of aryl methyl sites for hydroxylation is 1. The number of sulfone groups is 1. The molecule has 0 radical (unpaired) electrons. The van der Waals surface area contributed by atoms with Crippen molar-refractivity contribution in [2.24, 2.45) is 0 Å². The number of carbonyl (C=O) groups excluding carboxylic acids is 1. The molecule has 4 aromatic rings. The fourth-order valence-electron chi connectivity index (χ4n) is 4.35. The van der Waals surface area contributed by atoms with Crippen molar-refractivity contribution in [3.05, 3.63) is 83.6 Å². The highest BCUT2D eigenvalue weighted by molar-refractivity contribution is 7.91. The zero-order chi connectivity index (χ0) is 23.0. The highest BCUT2D eigenvalue weighted by Crippen LogP contribution is 2.32. The van der Waals surface area contributed by atoms with Gasteiger partial charge in [-0.15, -0.1) is 0 Å². The summed E-state index contributed by atoms with van der Waals surface area (Å²) in [5.74, 6) is -0.0400. The van der Waals surface area contributed by atoms with Crippen molar-refractivity contribution in [2.75, 3.05) is 11.5 Å². The Hall–Kier alpha value is -3.52. The van der Waals surface area contributed by atoms with Gasteiger partial charge in [-0.3, -0.25) is 4.79 Å². The van der Waals surface area contributed by atoms with Gasteiger partial charge in [0.25, 0.3) is 5.91 Å². The van der Waals surface area contributed by atoms with Crippen LogP contribution in [0.25, 0.3) is 22.3 Å². The van der Waals surface area contributed by atoms with E-state index in [0.29, 0.717) is 41.0 Å². The minimum Gasteiger partial charge on any atom is -0.348 e. The van der Waals surface area contributed by atoms with Crippen LogP contribution in [0, 0.1) is 6.92 Å². The smallest absolute Gasteiger partial charge is 0.252 e. The van der Waals surface area contributed by atoms with E-state index in [9.17, 15) is 13.2 Å². The van der Waals surface area contributed by atoms with Gasteiger partial charge in [0.15, 0.2) is 15.5 Å². The molecule has 33 heavy (non-hydrogen) atoms. The van der Waals surface area contributed by atoms with E-state index in [1.54, 1.807) is 10.7 Å². The number of carbonyl (C=O) groups is 1. The molecule has 0 saturated carbocycles. The van der Waals surface area contributed by atoms with Gasteiger partial charge < -0.3 is 5.32 Å². The fraction of sp³-hybridized carbons (Fsp3) is 0.240. The number of benzene rings is 2. The topological polar surface area (TPSA) is 93.9 Å². The highest BCUT2D eigenvalue weighted by Gasteiger charge is 2.32. The molecular weight excluding hydrogens is 436 g/mol. The second kappa shape index (κ2) is 8.44. The van der Waals surface area contributed by atoms with Crippen molar-refractivity contribution in [1.82, 2.24) is 20.1 Å². The van der Waals surface area contributed by atoms with Gasteiger partial charge in [-0.1, -0.05) is 60.7 Å². The molecule has 1 atom stereocenters. The lowest BCUT2D eigenvalue weighted by atomic mass is 10.0. The van der Waals surface area contributed by atoms with Crippen LogP contribution in [0.2, 0.25) is 0 Å². The minimum atomic E-state index is -3.10. The maximum Gasteiger partial charge on any atom is 0.252 e. The Balaban J connectivity index is 1.61. The maximum absolute atomic E-state index is 13.3. The summed E-state index contributed by atoms with van der Waals surface area (Å²) >= 11 is 0. The lowest BCUT2D eigenvalue weighted by Gasteiger charge is -2.12. The number of aromatic nitrogens is 3. The summed E-state index contributed by atoms with van der Waals surface area (Å²) in [6, 6.07) is 20.9. The van der Waals surface area contributed by atoms with Gasteiger partial charge >= 0.3 is 0 Å². The Morgan fingerprint density at radius 3 is 2.45 bits per heavy atom. The highest BCUT2D eigenvalue weighted by atomic mass is 32.2. The van der Waals surface area contributed by atoms with Gasteiger partial charge in [0.2, 0.25) is 0 Å². The van der Waals surface area contributed by atoms with Crippen LogP contribution in [-0.4, -0.2) is 40.6 Å². The third kappa shape index (κ3) is 4.26. The van der Waals surface area contributed by atoms with E-state index in [-0.39, 0.29) is 23.5 Å². The number of nitrogens with one attached hydrogen (secondary N) is 1. The van der Waals surface area contributed by atoms with Crippen LogP contribution < -0.4 is 5.32 Å². The van der Waals surface area contributed by atoms with Gasteiger partial charge in [-0.05, 0) is 25.0 Å². The Bertz CT molecular complexity index is 1430. The molecule has 0 spiro atoms. The molecule has 1 aliphatic rings. The zero-order valence-electron chi connectivity index (χ0n) is 18.2. The van der Waals surface area contributed by atoms with Gasteiger partial charge in [0, 0.05) is 12.1 Å². The molecule has 0 aliphatic carbocycles. The molecule has 7 nitrogen and oxygen atoms in total. The number of pyridine rings is 1. The quantitative estimate of drug-likeness (QED) is 0.490. The first-order valence-electron chi connectivity index (χ1n) is 10.9. The molecule has 5 rings (SSSR count). The predicted molar refractivity (Wildman–Crippen MR) is 128 cm³/mol. The molecule has 0 bridgehead atoms. The van der Waals surface area contributed by atoms with Crippen molar-refractivity contribution < 1.29 is 13.2 Å². The van der Waals surface area contributed by atoms with Crippen LogP contribution in [0.4, 0.5) is 0 Å². The number of fused-ring (bicyclic) bond motifs is 1. The third-order valence-electron chi connectivity index (χ3n) is 6.00. The van der Waals surface area contributed by atoms with Gasteiger partial charge in [-0.25, -0.2) is 18.1 Å². The fourth-order valence-corrected chi connectivity index (χ4v) is 6.04. The molecule has 3 heterocycles. The molecule has 1 N–H and O–H groups in total. The molecule has 1 saturated heterocycles. The largest absolute Gasteiger partial charge is 0.348 e. The summed E-state index contributed by atoms with van der Waals surface area (Å²) in [4.78, 5) is 18.2. The van der Waals surface area contributed by atoms with Crippen molar-refractivity contribution in [2.45, 2.75) is 25.9 Å². The Kier molecular flexibility index (Phi) is 5.46. The van der Waals surface area contributed by atoms with Crippen LogP contribution >= 0.6 is 0 Å². The van der Waals surface area contributed by atoms with E-state index >= 15 is 0 Å². The summed E-state index contributed by atoms with van der Waals surface area (Å²) in [5.41, 5.74) is 4.21. The van der Waals surface area contributed by atoms with Crippen LogP contribution in [0.5, 0.6) is 0 Å². The summed E-state index contributed by atoms with van der Waals surface area (Å²) < 4.78 is 25.9. The average Bonchev–Trinajstić information content (AvgIpc) is 3.36. The monoisotopic (exact) mass is 460 g/mol. The summed E-state index contributed by atoms with van der Waals surface area (Å²) in [6.45, 7) is 2.23. The standard InChI is InChI=1S/C25H24N4O3S/c1-17-23-21(25(30)26-15-18-8-4-2-5-9-18)14-22(19-10-6-3-7-11-19)27-24(23)29(28-17)20-12-13-33(31,32)16-20/h2-11,14,20H,12-13,15-16H2,1H3,(H,26,30)/t20-/m0/s1.